The van der Waals surface area contributed by atoms with Gasteiger partial charge >= 0.3 is 0 Å². The van der Waals surface area contributed by atoms with Crippen LogP contribution in [0, 0.1) is 6.92 Å². The van der Waals surface area contributed by atoms with Gasteiger partial charge < -0.3 is 14.6 Å². The smallest absolute Gasteiger partial charge is 0.268 e. The second-order valence-corrected chi connectivity index (χ2v) is 6.95. The number of nitrogens with zero attached hydrogens (tertiary/aromatic N) is 2. The normalized spacial score (nSPS) is 10.8. The molecule has 0 fully saturated rings. The van der Waals surface area contributed by atoms with E-state index in [1.54, 1.807) is 31.3 Å². The summed E-state index contributed by atoms with van der Waals surface area (Å²) in [5, 5.41) is 2.43. The van der Waals surface area contributed by atoms with Crippen LogP contribution in [0.1, 0.15) is 11.4 Å². The Hall–Kier alpha value is -2.38. The molecule has 0 aliphatic rings. The van der Waals surface area contributed by atoms with Crippen LogP contribution in [0.25, 0.3) is 10.2 Å². The molecule has 6 nitrogen and oxygen atoms in total. The van der Waals surface area contributed by atoms with Gasteiger partial charge in [-0.15, -0.1) is 11.3 Å². The molecule has 0 aliphatic carbocycles. The molecule has 0 aliphatic heterocycles. The maximum atomic E-state index is 12.3. The van der Waals surface area contributed by atoms with Crippen LogP contribution in [0.2, 0.25) is 5.02 Å². The summed E-state index contributed by atoms with van der Waals surface area (Å²) in [5.41, 5.74) is 1.30. The van der Waals surface area contributed by atoms with Crippen molar-refractivity contribution >= 4 is 39.1 Å². The Morgan fingerprint density at radius 1 is 1.40 bits per heavy atom. The summed E-state index contributed by atoms with van der Waals surface area (Å²) in [6, 6.07) is 7.00. The highest BCUT2D eigenvalue weighted by atomic mass is 35.5. The van der Waals surface area contributed by atoms with Crippen LogP contribution >= 0.6 is 22.9 Å². The number of amides is 1. The van der Waals surface area contributed by atoms with Gasteiger partial charge in [0.25, 0.3) is 11.5 Å². The Balaban J connectivity index is 1.64. The van der Waals surface area contributed by atoms with Gasteiger partial charge in [-0.25, -0.2) is 4.98 Å². The van der Waals surface area contributed by atoms with Crippen molar-refractivity contribution < 1.29 is 9.53 Å². The molecule has 0 atom stereocenters. The van der Waals surface area contributed by atoms with E-state index in [4.69, 9.17) is 16.3 Å². The van der Waals surface area contributed by atoms with E-state index in [-0.39, 0.29) is 24.6 Å². The molecule has 3 aromatic rings. The van der Waals surface area contributed by atoms with Gasteiger partial charge in [-0.05, 0) is 42.1 Å². The van der Waals surface area contributed by atoms with E-state index in [2.05, 4.69) is 9.97 Å². The quantitative estimate of drug-likeness (QED) is 0.741. The first-order chi connectivity index (χ1) is 11.9. The van der Waals surface area contributed by atoms with Crippen LogP contribution in [-0.2, 0) is 11.3 Å². The first-order valence-corrected chi connectivity index (χ1v) is 8.79. The number of nitrogens with one attached hydrogen (secondary N) is 1. The van der Waals surface area contributed by atoms with Crippen molar-refractivity contribution in [3.05, 3.63) is 56.4 Å². The number of rotatable bonds is 5. The number of hydrogen-bond donors (Lipinski definition) is 1. The summed E-state index contributed by atoms with van der Waals surface area (Å²) < 4.78 is 6.14. The number of likely N-dealkylation sites (N-methyl/N-ethyl adjacent to an activating group) is 1. The Kier molecular flexibility index (Phi) is 5.06. The highest BCUT2D eigenvalue weighted by Crippen LogP contribution is 2.21. The van der Waals surface area contributed by atoms with Gasteiger partial charge in [-0.1, -0.05) is 11.6 Å². The number of halogens is 1. The van der Waals surface area contributed by atoms with Crippen molar-refractivity contribution in [1.29, 1.82) is 0 Å². The fourth-order valence-electron chi connectivity index (χ4n) is 2.33. The van der Waals surface area contributed by atoms with Crippen molar-refractivity contribution in [3.63, 3.8) is 0 Å². The van der Waals surface area contributed by atoms with Gasteiger partial charge in [-0.3, -0.25) is 9.59 Å². The third kappa shape index (κ3) is 4.00. The number of aryl methyl sites for hydroxylation is 1. The van der Waals surface area contributed by atoms with Crippen LogP contribution in [0.4, 0.5) is 0 Å². The molecule has 0 radical (unpaired) electrons. The number of aromatic amines is 1. The molecule has 0 saturated carbocycles. The van der Waals surface area contributed by atoms with E-state index in [1.807, 2.05) is 12.3 Å². The van der Waals surface area contributed by atoms with Gasteiger partial charge in [0.15, 0.2) is 6.61 Å². The number of benzene rings is 1. The largest absolute Gasteiger partial charge is 0.483 e. The first-order valence-electron chi connectivity index (χ1n) is 7.53. The molecule has 0 spiro atoms. The third-order valence-corrected chi connectivity index (χ3v) is 4.80. The second-order valence-electron chi connectivity index (χ2n) is 5.60. The van der Waals surface area contributed by atoms with Crippen LogP contribution in [0.3, 0.4) is 0 Å². The number of hydrogen-bond acceptors (Lipinski definition) is 5. The molecule has 1 amide bonds. The van der Waals surface area contributed by atoms with Crippen molar-refractivity contribution in [3.8, 4) is 5.75 Å². The topological polar surface area (TPSA) is 75.3 Å². The zero-order chi connectivity index (χ0) is 18.0. The van der Waals surface area contributed by atoms with Gasteiger partial charge in [0.1, 0.15) is 16.3 Å². The average Bonchev–Trinajstić information content (AvgIpc) is 3.02. The van der Waals surface area contributed by atoms with E-state index < -0.39 is 0 Å². The van der Waals surface area contributed by atoms with Gasteiger partial charge in [-0.2, -0.15) is 0 Å². The molecule has 1 N–H and O–H groups in total. The van der Waals surface area contributed by atoms with Crippen molar-refractivity contribution in [2.24, 2.45) is 0 Å². The summed E-state index contributed by atoms with van der Waals surface area (Å²) in [5.74, 6) is 0.828. The van der Waals surface area contributed by atoms with E-state index in [0.717, 1.165) is 5.56 Å². The standard InChI is InChI=1S/C17H16ClN3O3S/c1-10-7-11(18)3-4-13(10)24-9-15(22)21(2)8-14-19-12-5-6-25-16(12)17(23)20-14/h3-7H,8-9H2,1-2H3,(H,19,20,23). The summed E-state index contributed by atoms with van der Waals surface area (Å²) >= 11 is 7.24. The SMILES string of the molecule is Cc1cc(Cl)ccc1OCC(=O)N(C)Cc1nc2ccsc2c(=O)[nH]1. The lowest BCUT2D eigenvalue weighted by Gasteiger charge is -2.17. The van der Waals surface area contributed by atoms with Gasteiger partial charge in [0.2, 0.25) is 0 Å². The van der Waals surface area contributed by atoms with Crippen molar-refractivity contribution in [2.45, 2.75) is 13.5 Å². The van der Waals surface area contributed by atoms with Gasteiger partial charge in [0, 0.05) is 12.1 Å². The van der Waals surface area contributed by atoms with Crippen molar-refractivity contribution in [1.82, 2.24) is 14.9 Å². The fourth-order valence-corrected chi connectivity index (χ4v) is 3.29. The van der Waals surface area contributed by atoms with Crippen molar-refractivity contribution in [2.75, 3.05) is 13.7 Å². The van der Waals surface area contributed by atoms with Gasteiger partial charge in [0.05, 0.1) is 12.1 Å². The fraction of sp³-hybridized carbons (Fsp3) is 0.235. The van der Waals surface area contributed by atoms with E-state index >= 15 is 0 Å². The molecule has 3 rings (SSSR count). The number of ether oxygens (including phenoxy) is 1. The monoisotopic (exact) mass is 377 g/mol. The molecule has 0 bridgehead atoms. The van der Waals surface area contributed by atoms with E-state index in [9.17, 15) is 9.59 Å². The number of fused-ring (bicyclic) bond motifs is 1. The Labute approximate surface area is 153 Å². The zero-order valence-electron chi connectivity index (χ0n) is 13.7. The van der Waals surface area contributed by atoms with E-state index in [1.165, 1.54) is 16.2 Å². The summed E-state index contributed by atoms with van der Waals surface area (Å²) in [7, 11) is 1.64. The predicted octanol–water partition coefficient (Wildman–Crippen LogP) is 2.98. The molecule has 0 unspecified atom stereocenters. The molecule has 25 heavy (non-hydrogen) atoms. The maximum Gasteiger partial charge on any atom is 0.268 e. The van der Waals surface area contributed by atoms with E-state index in [0.29, 0.717) is 26.8 Å². The van der Waals surface area contributed by atoms with Crippen LogP contribution in [-0.4, -0.2) is 34.4 Å². The first kappa shape index (κ1) is 17.4. The molecular formula is C17H16ClN3O3S. The Bertz CT molecular complexity index is 983. The molecule has 8 heteroatoms. The molecule has 1 aromatic carbocycles. The summed E-state index contributed by atoms with van der Waals surface area (Å²) in [6.45, 7) is 1.95. The Morgan fingerprint density at radius 3 is 2.96 bits per heavy atom. The molecule has 2 aromatic heterocycles. The molecule has 130 valence electrons. The summed E-state index contributed by atoms with van der Waals surface area (Å²) in [6.07, 6.45) is 0. The minimum atomic E-state index is -0.220. The third-order valence-electron chi connectivity index (χ3n) is 3.66. The van der Waals surface area contributed by atoms with Crippen LogP contribution in [0.5, 0.6) is 5.75 Å². The number of thiophene rings is 1. The molecule has 0 saturated heterocycles. The molecular weight excluding hydrogens is 362 g/mol. The minimum absolute atomic E-state index is 0.107. The lowest BCUT2D eigenvalue weighted by atomic mass is 10.2. The number of carbonyl (C=O) groups is 1. The number of carbonyl (C=O) groups excluding carboxylic acids is 1. The van der Waals surface area contributed by atoms with Crippen LogP contribution < -0.4 is 10.3 Å². The number of H-pyrrole nitrogens is 1. The zero-order valence-corrected chi connectivity index (χ0v) is 15.3. The lowest BCUT2D eigenvalue weighted by molar-refractivity contribution is -0.132. The highest BCUT2D eigenvalue weighted by Gasteiger charge is 2.13. The molecule has 2 heterocycles. The summed E-state index contributed by atoms with van der Waals surface area (Å²) in [4.78, 5) is 32.7. The highest BCUT2D eigenvalue weighted by molar-refractivity contribution is 7.17. The minimum Gasteiger partial charge on any atom is -0.483 e. The maximum absolute atomic E-state index is 12.3. The average molecular weight is 378 g/mol. The predicted molar refractivity (Wildman–Crippen MR) is 98.4 cm³/mol. The number of aromatic nitrogens is 2. The van der Waals surface area contributed by atoms with Crippen LogP contribution in [0.15, 0.2) is 34.4 Å². The second kappa shape index (κ2) is 7.25. The lowest BCUT2D eigenvalue weighted by Crippen LogP contribution is -2.32. The Morgan fingerprint density at radius 2 is 2.20 bits per heavy atom.